The lowest BCUT2D eigenvalue weighted by atomic mass is 10.1. The molecule has 0 radical (unpaired) electrons. The third-order valence-corrected chi connectivity index (χ3v) is 5.99. The van der Waals surface area contributed by atoms with Crippen molar-refractivity contribution in [2.75, 3.05) is 11.4 Å². The molecule has 4 rings (SSSR count). The van der Waals surface area contributed by atoms with Crippen LogP contribution < -0.4 is 4.90 Å². The standard InChI is InChI=1S/C21H24N4OS/c1-16(26)25(18-8-4-3-5-9-18)21-22-17(15-27-21)14-24-13-7-11-20(24)19-10-6-12-23(19)2/h3-6,8-10,12,15,20H,7,11,13-14H2,1-2H3/t20-/m0/s1. The van der Waals surface area contributed by atoms with Gasteiger partial charge in [-0.3, -0.25) is 14.6 Å². The Labute approximate surface area is 163 Å². The van der Waals surface area contributed by atoms with E-state index in [1.807, 2.05) is 30.3 Å². The normalized spacial score (nSPS) is 17.3. The second-order valence-electron chi connectivity index (χ2n) is 6.98. The van der Waals surface area contributed by atoms with Crippen molar-refractivity contribution in [3.63, 3.8) is 0 Å². The van der Waals surface area contributed by atoms with E-state index < -0.39 is 0 Å². The van der Waals surface area contributed by atoms with E-state index >= 15 is 0 Å². The highest BCUT2D eigenvalue weighted by molar-refractivity contribution is 7.14. The van der Waals surface area contributed by atoms with Crippen LogP contribution in [-0.2, 0) is 18.4 Å². The zero-order chi connectivity index (χ0) is 18.8. The first-order valence-electron chi connectivity index (χ1n) is 9.29. The number of para-hydroxylation sites is 1. The molecule has 1 aliphatic rings. The third-order valence-electron chi connectivity index (χ3n) is 5.11. The van der Waals surface area contributed by atoms with Crippen LogP contribution in [0.1, 0.15) is 37.2 Å². The second kappa shape index (κ2) is 7.66. The molecule has 0 unspecified atom stereocenters. The van der Waals surface area contributed by atoms with Crippen molar-refractivity contribution >= 4 is 28.1 Å². The molecule has 0 N–H and O–H groups in total. The summed E-state index contributed by atoms with van der Waals surface area (Å²) in [4.78, 5) is 21.2. The molecule has 140 valence electrons. The van der Waals surface area contributed by atoms with Crippen LogP contribution in [0.2, 0.25) is 0 Å². The third kappa shape index (κ3) is 3.68. The van der Waals surface area contributed by atoms with Gasteiger partial charge in [0.2, 0.25) is 5.91 Å². The maximum absolute atomic E-state index is 12.2. The highest BCUT2D eigenvalue weighted by atomic mass is 32.1. The molecule has 0 saturated carbocycles. The molecule has 1 aromatic carbocycles. The summed E-state index contributed by atoms with van der Waals surface area (Å²) in [5.41, 5.74) is 3.24. The van der Waals surface area contributed by atoms with Crippen molar-refractivity contribution < 1.29 is 4.79 Å². The molecule has 0 aliphatic carbocycles. The Bertz CT molecular complexity index is 917. The molecule has 1 atom stereocenters. The van der Waals surface area contributed by atoms with E-state index in [2.05, 4.69) is 40.2 Å². The molecular weight excluding hydrogens is 356 g/mol. The summed E-state index contributed by atoms with van der Waals surface area (Å²) in [6.07, 6.45) is 4.49. The topological polar surface area (TPSA) is 41.4 Å². The summed E-state index contributed by atoms with van der Waals surface area (Å²) in [6.45, 7) is 3.48. The lowest BCUT2D eigenvalue weighted by Gasteiger charge is -2.24. The molecular formula is C21H24N4OS. The quantitative estimate of drug-likeness (QED) is 0.654. The van der Waals surface area contributed by atoms with Crippen molar-refractivity contribution in [3.05, 3.63) is 65.4 Å². The Balaban J connectivity index is 1.54. The van der Waals surface area contributed by atoms with E-state index in [0.29, 0.717) is 6.04 Å². The van der Waals surface area contributed by atoms with Crippen LogP contribution in [0, 0.1) is 0 Å². The SMILES string of the molecule is CC(=O)N(c1ccccc1)c1nc(CN2CCC[C@H]2c2cccn2C)cs1. The van der Waals surface area contributed by atoms with Gasteiger partial charge in [0.15, 0.2) is 5.13 Å². The second-order valence-corrected chi connectivity index (χ2v) is 7.82. The predicted molar refractivity (Wildman–Crippen MR) is 109 cm³/mol. The fraction of sp³-hybridized carbons (Fsp3) is 0.333. The average Bonchev–Trinajstić information content (AvgIpc) is 3.38. The van der Waals surface area contributed by atoms with Gasteiger partial charge in [0.05, 0.1) is 17.4 Å². The van der Waals surface area contributed by atoms with E-state index in [4.69, 9.17) is 4.98 Å². The van der Waals surface area contributed by atoms with Gasteiger partial charge in [-0.05, 0) is 43.7 Å². The molecule has 3 heterocycles. The number of likely N-dealkylation sites (tertiary alicyclic amines) is 1. The minimum absolute atomic E-state index is 0.0232. The highest BCUT2D eigenvalue weighted by Crippen LogP contribution is 2.34. The number of rotatable bonds is 5. The van der Waals surface area contributed by atoms with Gasteiger partial charge in [0.25, 0.3) is 0 Å². The zero-order valence-electron chi connectivity index (χ0n) is 15.7. The van der Waals surface area contributed by atoms with Crippen molar-refractivity contribution in [2.24, 2.45) is 7.05 Å². The van der Waals surface area contributed by atoms with E-state index in [0.717, 1.165) is 29.6 Å². The molecule has 2 aromatic heterocycles. The summed E-state index contributed by atoms with van der Waals surface area (Å²) in [5.74, 6) is -0.0232. The number of carbonyl (C=O) groups excluding carboxylic acids is 1. The van der Waals surface area contributed by atoms with Gasteiger partial charge in [-0.2, -0.15) is 0 Å². The van der Waals surface area contributed by atoms with Gasteiger partial charge >= 0.3 is 0 Å². The highest BCUT2D eigenvalue weighted by Gasteiger charge is 2.28. The molecule has 1 fully saturated rings. The Morgan fingerprint density at radius 1 is 1.26 bits per heavy atom. The number of aryl methyl sites for hydroxylation is 1. The first kappa shape index (κ1) is 17.9. The zero-order valence-corrected chi connectivity index (χ0v) is 16.5. The van der Waals surface area contributed by atoms with E-state index in [9.17, 15) is 4.79 Å². The smallest absolute Gasteiger partial charge is 0.230 e. The minimum Gasteiger partial charge on any atom is -0.353 e. The predicted octanol–water partition coefficient (Wildman–Crippen LogP) is 4.50. The molecule has 6 heteroatoms. The number of hydrogen-bond acceptors (Lipinski definition) is 4. The number of anilines is 2. The van der Waals surface area contributed by atoms with Crippen LogP contribution in [0.5, 0.6) is 0 Å². The monoisotopic (exact) mass is 380 g/mol. The molecule has 1 saturated heterocycles. The van der Waals surface area contributed by atoms with Crippen LogP contribution in [-0.4, -0.2) is 26.9 Å². The lowest BCUT2D eigenvalue weighted by molar-refractivity contribution is -0.115. The van der Waals surface area contributed by atoms with Crippen molar-refractivity contribution in [1.29, 1.82) is 0 Å². The molecule has 5 nitrogen and oxygen atoms in total. The molecule has 3 aromatic rings. The van der Waals surface area contributed by atoms with Gasteiger partial charge in [0, 0.05) is 37.8 Å². The summed E-state index contributed by atoms with van der Waals surface area (Å²) in [5, 5.41) is 2.81. The van der Waals surface area contributed by atoms with Gasteiger partial charge in [0.1, 0.15) is 0 Å². The minimum atomic E-state index is -0.0232. The summed E-state index contributed by atoms with van der Waals surface area (Å²) >= 11 is 1.53. The van der Waals surface area contributed by atoms with E-state index in [1.54, 1.807) is 11.8 Å². The molecule has 1 amide bonds. The molecule has 0 bridgehead atoms. The van der Waals surface area contributed by atoms with Crippen LogP contribution in [0.15, 0.2) is 54.0 Å². The number of carbonyl (C=O) groups is 1. The lowest BCUT2D eigenvalue weighted by Crippen LogP contribution is -2.25. The number of thiazole rings is 1. The van der Waals surface area contributed by atoms with E-state index in [1.165, 1.54) is 29.9 Å². The van der Waals surface area contributed by atoms with E-state index in [-0.39, 0.29) is 5.91 Å². The fourth-order valence-electron chi connectivity index (χ4n) is 3.85. The fourth-order valence-corrected chi connectivity index (χ4v) is 4.73. The van der Waals surface area contributed by atoms with Crippen LogP contribution in [0.25, 0.3) is 0 Å². The van der Waals surface area contributed by atoms with Crippen LogP contribution >= 0.6 is 11.3 Å². The maximum Gasteiger partial charge on any atom is 0.230 e. The maximum atomic E-state index is 12.2. The summed E-state index contributed by atoms with van der Waals surface area (Å²) in [6, 6.07) is 14.5. The molecule has 1 aliphatic heterocycles. The number of amides is 1. The van der Waals surface area contributed by atoms with Gasteiger partial charge in [-0.25, -0.2) is 4.98 Å². The Morgan fingerprint density at radius 2 is 2.07 bits per heavy atom. The Kier molecular flexibility index (Phi) is 5.09. The first-order valence-corrected chi connectivity index (χ1v) is 10.2. The summed E-state index contributed by atoms with van der Waals surface area (Å²) in [7, 11) is 2.11. The van der Waals surface area contributed by atoms with Gasteiger partial charge in [-0.15, -0.1) is 11.3 Å². The van der Waals surface area contributed by atoms with Crippen LogP contribution in [0.4, 0.5) is 10.8 Å². The molecule has 27 heavy (non-hydrogen) atoms. The number of aromatic nitrogens is 2. The molecule has 0 spiro atoms. The van der Waals surface area contributed by atoms with Crippen molar-refractivity contribution in [3.8, 4) is 0 Å². The van der Waals surface area contributed by atoms with Crippen molar-refractivity contribution in [1.82, 2.24) is 14.5 Å². The average molecular weight is 381 g/mol. The number of benzene rings is 1. The number of nitrogens with zero attached hydrogens (tertiary/aromatic N) is 4. The summed E-state index contributed by atoms with van der Waals surface area (Å²) < 4.78 is 2.21. The Hall–Kier alpha value is -2.44. The van der Waals surface area contributed by atoms with Gasteiger partial charge < -0.3 is 4.57 Å². The number of hydrogen-bond donors (Lipinski definition) is 0. The van der Waals surface area contributed by atoms with Crippen molar-refractivity contribution in [2.45, 2.75) is 32.4 Å². The first-order chi connectivity index (χ1) is 13.1. The largest absolute Gasteiger partial charge is 0.353 e. The Morgan fingerprint density at radius 3 is 2.78 bits per heavy atom. The van der Waals surface area contributed by atoms with Gasteiger partial charge in [-0.1, -0.05) is 18.2 Å². The van der Waals surface area contributed by atoms with Crippen LogP contribution in [0.3, 0.4) is 0 Å².